The van der Waals surface area contributed by atoms with Crippen molar-refractivity contribution in [2.45, 2.75) is 6.92 Å². The van der Waals surface area contributed by atoms with E-state index in [-0.39, 0.29) is 5.95 Å². The lowest BCUT2D eigenvalue weighted by Gasteiger charge is -1.87. The topological polar surface area (TPSA) is 38.8 Å². The Hall–Kier alpha value is -1.25. The van der Waals surface area contributed by atoms with Gasteiger partial charge in [0.15, 0.2) is 6.26 Å². The van der Waals surface area contributed by atoms with Crippen LogP contribution in [-0.2, 0) is 14.3 Å². The quantitative estimate of drug-likeness (QED) is 0.408. The van der Waals surface area contributed by atoms with Crippen molar-refractivity contribution in [3.8, 4) is 0 Å². The number of allylic oxidation sites excluding steroid dienone is 1. The highest BCUT2D eigenvalue weighted by atomic mass is 16.7. The van der Waals surface area contributed by atoms with Crippen molar-refractivity contribution in [3.05, 3.63) is 24.4 Å². The van der Waals surface area contributed by atoms with Crippen molar-refractivity contribution in [2.24, 2.45) is 0 Å². The van der Waals surface area contributed by atoms with Crippen LogP contribution < -0.4 is 0 Å². The van der Waals surface area contributed by atoms with E-state index < -0.39 is 5.97 Å². The van der Waals surface area contributed by atoms with Crippen molar-refractivity contribution in [1.82, 2.24) is 0 Å². The summed E-state index contributed by atoms with van der Waals surface area (Å²) in [6.07, 6.45) is 4.29. The molecule has 0 saturated heterocycles. The fraction of sp³-hybridized carbons (Fsp3) is 0.167. The van der Waals surface area contributed by atoms with Gasteiger partial charge in [0.25, 0.3) is 0 Å². The third kappa shape index (κ3) is 1.99. The van der Waals surface area contributed by atoms with Gasteiger partial charge >= 0.3 is 11.9 Å². The summed E-state index contributed by atoms with van der Waals surface area (Å²) in [5, 5.41) is 0. The largest absolute Gasteiger partial charge is 0.424 e. The molecule has 0 N–H and O–H groups in total. The predicted molar refractivity (Wildman–Crippen MR) is 30.1 cm³/mol. The van der Waals surface area contributed by atoms with Crippen LogP contribution in [-0.4, -0.2) is 5.97 Å². The second-order valence-corrected chi connectivity index (χ2v) is 1.48. The standard InChI is InChI=1S/C6H6O3/c1-2-3-5(7)9-6-4-8-6/h2-4H,1H3/b3-2+. The van der Waals surface area contributed by atoms with Gasteiger partial charge in [-0.1, -0.05) is 6.08 Å². The molecular formula is C6H6O3. The second-order valence-electron chi connectivity index (χ2n) is 1.48. The van der Waals surface area contributed by atoms with Gasteiger partial charge in [0.2, 0.25) is 0 Å². The third-order valence-electron chi connectivity index (χ3n) is 0.718. The first-order chi connectivity index (χ1) is 4.33. The molecule has 1 aliphatic rings. The first kappa shape index (κ1) is 5.88. The van der Waals surface area contributed by atoms with Crippen LogP contribution in [0.25, 0.3) is 0 Å². The molecule has 0 aromatic heterocycles. The summed E-state index contributed by atoms with van der Waals surface area (Å²) in [7, 11) is 0. The molecule has 0 fully saturated rings. The molecule has 1 aliphatic heterocycles. The van der Waals surface area contributed by atoms with Crippen LogP contribution in [0.3, 0.4) is 0 Å². The number of rotatable bonds is 2. The third-order valence-corrected chi connectivity index (χ3v) is 0.718. The molecule has 48 valence electrons. The predicted octanol–water partition coefficient (Wildman–Crippen LogP) is 0.935. The highest BCUT2D eigenvalue weighted by molar-refractivity contribution is 5.82. The highest BCUT2D eigenvalue weighted by Crippen LogP contribution is 2.14. The first-order valence-electron chi connectivity index (χ1n) is 2.54. The maximum atomic E-state index is 10.5. The van der Waals surface area contributed by atoms with E-state index in [2.05, 4.69) is 9.47 Å². The van der Waals surface area contributed by atoms with E-state index in [9.17, 15) is 4.79 Å². The molecular weight excluding hydrogens is 120 g/mol. The lowest BCUT2D eigenvalue weighted by Crippen LogP contribution is -1.94. The van der Waals surface area contributed by atoms with Gasteiger partial charge in [-0.25, -0.2) is 4.79 Å². The number of hydrogen-bond acceptors (Lipinski definition) is 3. The minimum absolute atomic E-state index is 0.290. The molecule has 0 bridgehead atoms. The van der Waals surface area contributed by atoms with Crippen LogP contribution in [0, 0.1) is 0 Å². The van der Waals surface area contributed by atoms with E-state index in [1.807, 2.05) is 0 Å². The Morgan fingerprint density at radius 1 is 1.89 bits per heavy atom. The molecule has 1 heterocycles. The number of carbonyl (C=O) groups is 1. The fourth-order valence-electron chi connectivity index (χ4n) is 0.341. The molecule has 9 heavy (non-hydrogen) atoms. The van der Waals surface area contributed by atoms with Crippen LogP contribution in [0.1, 0.15) is 6.92 Å². The molecule has 3 heteroatoms. The Balaban J connectivity index is 2.25. The van der Waals surface area contributed by atoms with Crippen LogP contribution in [0.15, 0.2) is 24.4 Å². The van der Waals surface area contributed by atoms with Crippen molar-refractivity contribution < 1.29 is 14.3 Å². The SMILES string of the molecule is C/C=C/C(=O)OC1=CO1. The molecule has 1 rings (SSSR count). The Bertz CT molecular complexity index is 179. The van der Waals surface area contributed by atoms with E-state index >= 15 is 0 Å². The zero-order valence-corrected chi connectivity index (χ0v) is 4.96. The molecule has 0 aromatic rings. The highest BCUT2D eigenvalue weighted by Gasteiger charge is 2.14. The summed E-state index contributed by atoms with van der Waals surface area (Å²) in [4.78, 5) is 10.5. The van der Waals surface area contributed by atoms with Crippen LogP contribution in [0.4, 0.5) is 0 Å². The van der Waals surface area contributed by atoms with E-state index in [4.69, 9.17) is 0 Å². The fourth-order valence-corrected chi connectivity index (χ4v) is 0.341. The molecule has 0 radical (unpaired) electrons. The van der Waals surface area contributed by atoms with Crippen molar-refractivity contribution in [2.75, 3.05) is 0 Å². The summed E-state index contributed by atoms with van der Waals surface area (Å²) >= 11 is 0. The lowest BCUT2D eigenvalue weighted by atomic mass is 10.5. The lowest BCUT2D eigenvalue weighted by molar-refractivity contribution is -0.135. The van der Waals surface area contributed by atoms with Gasteiger partial charge in [0.05, 0.1) is 0 Å². The molecule has 0 unspecified atom stereocenters. The molecule has 0 atom stereocenters. The Morgan fingerprint density at radius 2 is 2.56 bits per heavy atom. The van der Waals surface area contributed by atoms with Gasteiger partial charge in [-0.3, -0.25) is 0 Å². The minimum atomic E-state index is -0.402. The monoisotopic (exact) mass is 126 g/mol. The van der Waals surface area contributed by atoms with Gasteiger partial charge in [-0.2, -0.15) is 0 Å². The van der Waals surface area contributed by atoms with Gasteiger partial charge in [0, 0.05) is 6.08 Å². The Kier molecular flexibility index (Phi) is 1.53. The van der Waals surface area contributed by atoms with Crippen LogP contribution in [0.5, 0.6) is 0 Å². The van der Waals surface area contributed by atoms with Gasteiger partial charge in [0.1, 0.15) is 0 Å². The van der Waals surface area contributed by atoms with E-state index in [0.29, 0.717) is 0 Å². The molecule has 0 aliphatic carbocycles. The van der Waals surface area contributed by atoms with E-state index in [1.165, 1.54) is 12.3 Å². The smallest absolute Gasteiger partial charge is 0.338 e. The number of carbonyl (C=O) groups excluding carboxylic acids is 1. The summed E-state index contributed by atoms with van der Waals surface area (Å²) < 4.78 is 8.96. The molecule has 3 nitrogen and oxygen atoms in total. The summed E-state index contributed by atoms with van der Waals surface area (Å²) in [5.41, 5.74) is 0. The Labute approximate surface area is 52.6 Å². The average Bonchev–Trinajstić information content (AvgIpc) is 2.50. The van der Waals surface area contributed by atoms with E-state index in [1.54, 1.807) is 13.0 Å². The maximum absolute atomic E-state index is 10.5. The summed E-state index contributed by atoms with van der Waals surface area (Å²) in [5.74, 6) is -0.112. The van der Waals surface area contributed by atoms with Crippen molar-refractivity contribution in [3.63, 3.8) is 0 Å². The Morgan fingerprint density at radius 3 is 3.00 bits per heavy atom. The summed E-state index contributed by atoms with van der Waals surface area (Å²) in [6.45, 7) is 1.74. The van der Waals surface area contributed by atoms with Crippen molar-refractivity contribution in [1.29, 1.82) is 0 Å². The van der Waals surface area contributed by atoms with Gasteiger partial charge in [-0.05, 0) is 6.92 Å². The van der Waals surface area contributed by atoms with Gasteiger partial charge in [-0.15, -0.1) is 0 Å². The van der Waals surface area contributed by atoms with Crippen molar-refractivity contribution >= 4 is 5.97 Å². The zero-order chi connectivity index (χ0) is 6.69. The minimum Gasteiger partial charge on any atom is -0.424 e. The molecule has 0 saturated carbocycles. The molecule has 0 spiro atoms. The van der Waals surface area contributed by atoms with Crippen LogP contribution in [0.2, 0.25) is 0 Å². The average molecular weight is 126 g/mol. The first-order valence-corrected chi connectivity index (χ1v) is 2.54. The summed E-state index contributed by atoms with van der Waals surface area (Å²) in [6, 6.07) is 0. The second kappa shape index (κ2) is 2.35. The number of esters is 1. The number of hydrogen-bond donors (Lipinski definition) is 0. The van der Waals surface area contributed by atoms with E-state index in [0.717, 1.165) is 0 Å². The normalized spacial score (nSPS) is 14.6. The molecule has 0 aromatic carbocycles. The zero-order valence-electron chi connectivity index (χ0n) is 4.96. The van der Waals surface area contributed by atoms with Crippen LogP contribution >= 0.6 is 0 Å². The molecule has 0 amide bonds. The maximum Gasteiger partial charge on any atom is 0.338 e. The van der Waals surface area contributed by atoms with Gasteiger partial charge < -0.3 is 9.47 Å². The number of ether oxygens (including phenoxy) is 2.